The lowest BCUT2D eigenvalue weighted by atomic mass is 9.95. The van der Waals surface area contributed by atoms with Gasteiger partial charge in [0, 0.05) is 11.1 Å². The van der Waals surface area contributed by atoms with Crippen LogP contribution in [0.2, 0.25) is 0 Å². The molecule has 0 amide bonds. The molecule has 0 radical (unpaired) electrons. The Hall–Kier alpha value is -5.86. The second-order valence-electron chi connectivity index (χ2n) is 12.1. The Bertz CT molecular complexity index is 2600. The van der Waals surface area contributed by atoms with Gasteiger partial charge in [-0.15, -0.1) is 0 Å². The first kappa shape index (κ1) is 24.6. The van der Waals surface area contributed by atoms with Crippen molar-refractivity contribution in [1.29, 1.82) is 0 Å². The molecule has 0 bridgehead atoms. The summed E-state index contributed by atoms with van der Waals surface area (Å²) in [6.07, 6.45) is 0.981. The van der Waals surface area contributed by atoms with Gasteiger partial charge in [-0.2, -0.15) is 0 Å². The molecule has 210 valence electrons. The van der Waals surface area contributed by atoms with Crippen LogP contribution in [-0.4, -0.2) is 4.57 Å². The molecule has 0 N–H and O–H groups in total. The number of hydrogen-bond donors (Lipinski definition) is 0. The fourth-order valence-electron chi connectivity index (χ4n) is 7.59. The van der Waals surface area contributed by atoms with Crippen molar-refractivity contribution in [2.45, 2.75) is 6.42 Å². The van der Waals surface area contributed by atoms with Gasteiger partial charge in [-0.25, -0.2) is 0 Å². The number of benzene rings is 7. The Balaban J connectivity index is 1.10. The number of para-hydroxylation sites is 2. The van der Waals surface area contributed by atoms with Crippen LogP contribution in [0.4, 0.5) is 0 Å². The highest BCUT2D eigenvalue weighted by molar-refractivity contribution is 6.20. The highest BCUT2D eigenvalue weighted by Gasteiger charge is 2.23. The molecule has 2 aromatic heterocycles. The number of aromatic nitrogens is 1. The molecule has 0 saturated carbocycles. The molecule has 45 heavy (non-hydrogen) atoms. The molecule has 0 saturated heterocycles. The van der Waals surface area contributed by atoms with Crippen molar-refractivity contribution in [2.24, 2.45) is 0 Å². The minimum atomic E-state index is 0.905. The Kier molecular flexibility index (Phi) is 5.09. The van der Waals surface area contributed by atoms with Crippen LogP contribution in [0.1, 0.15) is 11.1 Å². The summed E-state index contributed by atoms with van der Waals surface area (Å²) in [5.74, 6) is 0. The van der Waals surface area contributed by atoms with Gasteiger partial charge in [0.15, 0.2) is 5.58 Å². The van der Waals surface area contributed by atoms with Crippen molar-refractivity contribution in [3.05, 3.63) is 163 Å². The van der Waals surface area contributed by atoms with E-state index in [4.69, 9.17) is 4.42 Å². The van der Waals surface area contributed by atoms with Crippen LogP contribution in [0.15, 0.2) is 156 Å². The zero-order valence-electron chi connectivity index (χ0n) is 24.5. The molecule has 0 fully saturated rings. The summed E-state index contributed by atoms with van der Waals surface area (Å²) in [6, 6.07) is 54.8. The number of hydrogen-bond acceptors (Lipinski definition) is 1. The third-order valence-electron chi connectivity index (χ3n) is 9.62. The van der Waals surface area contributed by atoms with E-state index in [1.54, 1.807) is 0 Å². The number of furan rings is 1. The molecule has 2 heterocycles. The summed E-state index contributed by atoms with van der Waals surface area (Å²) >= 11 is 0. The van der Waals surface area contributed by atoms with E-state index in [2.05, 4.69) is 156 Å². The van der Waals surface area contributed by atoms with Gasteiger partial charge in [0.05, 0.1) is 10.9 Å². The summed E-state index contributed by atoms with van der Waals surface area (Å²) in [6.45, 7) is 0. The van der Waals surface area contributed by atoms with Crippen molar-refractivity contribution in [3.63, 3.8) is 0 Å². The predicted molar refractivity (Wildman–Crippen MR) is 187 cm³/mol. The second-order valence-corrected chi connectivity index (χ2v) is 12.1. The molecule has 0 spiro atoms. The average Bonchev–Trinajstić information content (AvgIpc) is 3.77. The monoisotopic (exact) mass is 573 g/mol. The smallest absolute Gasteiger partial charge is 0.161 e. The standard InChI is InChI=1S/C43H27NO/c1-2-10-33(11-3-1)44-38-15-7-6-13-37(38)43-42(44)41-35(14-8-16-39(41)45-43)29-19-17-27(18-20-29)30-23-24-36-32(25-30)26-31-22-21-28-9-4-5-12-34(28)40(31)36/h1-25H,26H2. The first-order valence-electron chi connectivity index (χ1n) is 15.6. The fraction of sp³-hybridized carbons (Fsp3) is 0.0233. The zero-order chi connectivity index (χ0) is 29.5. The van der Waals surface area contributed by atoms with Crippen LogP contribution in [0.5, 0.6) is 0 Å². The molecule has 1 aliphatic rings. The fourth-order valence-corrected chi connectivity index (χ4v) is 7.59. The molecule has 1 aliphatic carbocycles. The lowest BCUT2D eigenvalue weighted by molar-refractivity contribution is 0.673. The first-order chi connectivity index (χ1) is 22.3. The summed E-state index contributed by atoms with van der Waals surface area (Å²) in [5, 5.41) is 4.92. The van der Waals surface area contributed by atoms with Crippen LogP contribution >= 0.6 is 0 Å². The van der Waals surface area contributed by atoms with Crippen LogP contribution in [0, 0.1) is 0 Å². The normalized spacial score (nSPS) is 12.4. The summed E-state index contributed by atoms with van der Waals surface area (Å²) in [5.41, 5.74) is 15.7. The second kappa shape index (κ2) is 9.32. The molecule has 0 aliphatic heterocycles. The van der Waals surface area contributed by atoms with Crippen molar-refractivity contribution >= 4 is 43.7 Å². The molecular weight excluding hydrogens is 546 g/mol. The molecule has 2 heteroatoms. The zero-order valence-corrected chi connectivity index (χ0v) is 24.5. The molecule has 0 unspecified atom stereocenters. The van der Waals surface area contributed by atoms with Crippen molar-refractivity contribution < 1.29 is 4.42 Å². The SMILES string of the molecule is c1ccc(-n2c3ccccc3c3oc4cccc(-c5ccc(-c6ccc7c(c6)Cc6ccc8ccccc8c6-7)cc5)c4c32)cc1. The molecule has 7 aromatic carbocycles. The van der Waals surface area contributed by atoms with E-state index in [0.717, 1.165) is 45.1 Å². The van der Waals surface area contributed by atoms with Gasteiger partial charge in [0.1, 0.15) is 11.1 Å². The lowest BCUT2D eigenvalue weighted by Crippen LogP contribution is -1.93. The number of rotatable bonds is 3. The number of nitrogens with zero attached hydrogens (tertiary/aromatic N) is 1. The predicted octanol–water partition coefficient (Wildman–Crippen LogP) is 11.6. The third kappa shape index (κ3) is 3.57. The highest BCUT2D eigenvalue weighted by Crippen LogP contribution is 2.44. The maximum Gasteiger partial charge on any atom is 0.161 e. The molecular formula is C43H27NO. The largest absolute Gasteiger partial charge is 0.454 e. The van der Waals surface area contributed by atoms with Crippen molar-refractivity contribution in [1.82, 2.24) is 4.57 Å². The van der Waals surface area contributed by atoms with Crippen LogP contribution in [0.3, 0.4) is 0 Å². The summed E-state index contributed by atoms with van der Waals surface area (Å²) in [4.78, 5) is 0. The number of fused-ring (bicyclic) bond motifs is 10. The third-order valence-corrected chi connectivity index (χ3v) is 9.62. The maximum atomic E-state index is 6.60. The van der Waals surface area contributed by atoms with Gasteiger partial charge in [-0.1, -0.05) is 121 Å². The van der Waals surface area contributed by atoms with Gasteiger partial charge in [-0.05, 0) is 92.0 Å². The van der Waals surface area contributed by atoms with Gasteiger partial charge in [0.25, 0.3) is 0 Å². The van der Waals surface area contributed by atoms with Crippen LogP contribution in [0.25, 0.3) is 82.8 Å². The molecule has 2 nitrogen and oxygen atoms in total. The van der Waals surface area contributed by atoms with Crippen LogP contribution in [-0.2, 0) is 6.42 Å². The van der Waals surface area contributed by atoms with Gasteiger partial charge in [-0.3, -0.25) is 0 Å². The minimum Gasteiger partial charge on any atom is -0.454 e. The van der Waals surface area contributed by atoms with Gasteiger partial charge >= 0.3 is 0 Å². The maximum absolute atomic E-state index is 6.60. The van der Waals surface area contributed by atoms with E-state index in [1.807, 2.05) is 0 Å². The van der Waals surface area contributed by atoms with E-state index >= 15 is 0 Å². The molecule has 0 atom stereocenters. The molecule has 10 rings (SSSR count). The van der Waals surface area contributed by atoms with E-state index in [1.165, 1.54) is 55.3 Å². The van der Waals surface area contributed by atoms with Gasteiger partial charge < -0.3 is 8.98 Å². The van der Waals surface area contributed by atoms with Gasteiger partial charge in [0.2, 0.25) is 0 Å². The van der Waals surface area contributed by atoms with E-state index < -0.39 is 0 Å². The lowest BCUT2D eigenvalue weighted by Gasteiger charge is -2.10. The summed E-state index contributed by atoms with van der Waals surface area (Å²) < 4.78 is 8.95. The average molecular weight is 574 g/mol. The molecule has 9 aromatic rings. The summed E-state index contributed by atoms with van der Waals surface area (Å²) in [7, 11) is 0. The van der Waals surface area contributed by atoms with E-state index in [0.29, 0.717) is 0 Å². The van der Waals surface area contributed by atoms with Crippen molar-refractivity contribution in [3.8, 4) is 39.1 Å². The Labute approximate surface area is 260 Å². The quantitative estimate of drug-likeness (QED) is 0.206. The van der Waals surface area contributed by atoms with Crippen LogP contribution < -0.4 is 0 Å². The van der Waals surface area contributed by atoms with E-state index in [-0.39, 0.29) is 0 Å². The topological polar surface area (TPSA) is 18.1 Å². The Morgan fingerprint density at radius 2 is 1.27 bits per heavy atom. The van der Waals surface area contributed by atoms with E-state index in [9.17, 15) is 0 Å². The Morgan fingerprint density at radius 3 is 2.16 bits per heavy atom. The minimum absolute atomic E-state index is 0.905. The Morgan fingerprint density at radius 1 is 0.511 bits per heavy atom. The first-order valence-corrected chi connectivity index (χ1v) is 15.6. The highest BCUT2D eigenvalue weighted by atomic mass is 16.3. The van der Waals surface area contributed by atoms with Crippen molar-refractivity contribution in [2.75, 3.05) is 0 Å².